The van der Waals surface area contributed by atoms with Crippen LogP contribution in [0.1, 0.15) is 24.3 Å². The first-order valence-corrected chi connectivity index (χ1v) is 11.1. The monoisotopic (exact) mass is 413 g/mol. The maximum Gasteiger partial charge on any atom is 0.245 e. The van der Waals surface area contributed by atoms with Gasteiger partial charge < -0.3 is 16.0 Å². The Bertz CT molecular complexity index is 856. The third kappa shape index (κ3) is 4.49. The van der Waals surface area contributed by atoms with Crippen molar-refractivity contribution in [3.05, 3.63) is 40.7 Å². The fraction of sp³-hybridized carbons (Fsp3) is 0.476. The van der Waals surface area contributed by atoms with Crippen LogP contribution in [0.4, 0.5) is 0 Å². The number of rotatable bonds is 7. The molecule has 0 spiro atoms. The Hall–Kier alpha value is -2.29. The van der Waals surface area contributed by atoms with Crippen molar-refractivity contribution in [3.63, 3.8) is 0 Å². The van der Waals surface area contributed by atoms with Crippen LogP contribution in [0, 0.1) is 0 Å². The van der Waals surface area contributed by atoms with Crippen LogP contribution in [0.15, 0.2) is 35.7 Å². The minimum atomic E-state index is -0.407. The number of hydrogen-bond donors (Lipinski definition) is 2. The van der Waals surface area contributed by atoms with Crippen molar-refractivity contribution < 1.29 is 9.59 Å². The molecular formula is C21H27N5O2S. The lowest BCUT2D eigenvalue weighted by atomic mass is 10.0. The molecule has 2 atom stereocenters. The predicted molar refractivity (Wildman–Crippen MR) is 113 cm³/mol. The van der Waals surface area contributed by atoms with E-state index in [9.17, 15) is 9.59 Å². The molecule has 2 amide bonds. The number of piperazine rings is 2. The van der Waals surface area contributed by atoms with E-state index >= 15 is 0 Å². The zero-order valence-corrected chi connectivity index (χ0v) is 17.2. The van der Waals surface area contributed by atoms with Crippen LogP contribution in [0.25, 0.3) is 11.3 Å². The number of carbonyl (C=O) groups is 2. The second kappa shape index (κ2) is 9.02. The average Bonchev–Trinajstić information content (AvgIpc) is 3.21. The molecule has 3 heterocycles. The predicted octanol–water partition coefficient (Wildman–Crippen LogP) is 1.45. The van der Waals surface area contributed by atoms with E-state index in [2.05, 4.69) is 27.7 Å². The minimum Gasteiger partial charge on any atom is -0.342 e. The van der Waals surface area contributed by atoms with Gasteiger partial charge in [0, 0.05) is 30.6 Å². The number of thiazole rings is 1. The molecule has 8 heteroatoms. The summed E-state index contributed by atoms with van der Waals surface area (Å²) in [5.74, 6) is 0.00282. The quantitative estimate of drug-likeness (QED) is 0.671. The van der Waals surface area contributed by atoms with E-state index < -0.39 is 12.1 Å². The Morgan fingerprint density at radius 1 is 1.17 bits per heavy atom. The summed E-state index contributed by atoms with van der Waals surface area (Å²) < 4.78 is 0. The highest BCUT2D eigenvalue weighted by molar-refractivity contribution is 7.09. The molecule has 0 saturated carbocycles. The minimum absolute atomic E-state index is 0.0452. The summed E-state index contributed by atoms with van der Waals surface area (Å²) in [4.78, 5) is 34.1. The van der Waals surface area contributed by atoms with Crippen LogP contribution in [0.3, 0.4) is 0 Å². The molecule has 3 N–H and O–H groups in total. The Labute approximate surface area is 174 Å². The number of benzene rings is 1. The molecule has 2 saturated heterocycles. The van der Waals surface area contributed by atoms with Crippen LogP contribution >= 0.6 is 11.3 Å². The van der Waals surface area contributed by atoms with E-state index in [1.807, 2.05) is 18.2 Å². The van der Waals surface area contributed by atoms with Crippen molar-refractivity contribution in [2.75, 3.05) is 26.2 Å². The Morgan fingerprint density at radius 2 is 2.00 bits per heavy atom. The normalized spacial score (nSPS) is 22.4. The number of fused-ring (bicyclic) bond motifs is 1. The lowest BCUT2D eigenvalue weighted by molar-refractivity contribution is -0.153. The van der Waals surface area contributed by atoms with E-state index in [0.29, 0.717) is 32.6 Å². The summed E-state index contributed by atoms with van der Waals surface area (Å²) in [7, 11) is 0. The maximum absolute atomic E-state index is 12.8. The molecule has 2 aromatic rings. The largest absolute Gasteiger partial charge is 0.342 e. The van der Waals surface area contributed by atoms with Crippen LogP contribution in [0.2, 0.25) is 0 Å². The van der Waals surface area contributed by atoms with Gasteiger partial charge in [-0.25, -0.2) is 4.98 Å². The van der Waals surface area contributed by atoms with Crippen LogP contribution in [-0.2, 0) is 16.1 Å². The third-order valence-corrected chi connectivity index (χ3v) is 6.43. The molecule has 2 aliphatic rings. The smallest absolute Gasteiger partial charge is 0.245 e. The lowest BCUT2D eigenvalue weighted by Gasteiger charge is -2.45. The number of amides is 2. The molecule has 7 nitrogen and oxygen atoms in total. The Kier molecular flexibility index (Phi) is 6.22. The summed E-state index contributed by atoms with van der Waals surface area (Å²) >= 11 is 1.64. The number of carbonyl (C=O) groups excluding carboxylic acids is 2. The molecule has 0 radical (unpaired) electrons. The van der Waals surface area contributed by atoms with Gasteiger partial charge in [0.2, 0.25) is 11.8 Å². The molecule has 4 rings (SSSR count). The first kappa shape index (κ1) is 20.0. The number of nitrogens with two attached hydrogens (primary N) is 1. The molecule has 154 valence electrons. The summed E-state index contributed by atoms with van der Waals surface area (Å²) in [6, 6.07) is 9.32. The van der Waals surface area contributed by atoms with Crippen molar-refractivity contribution >= 4 is 23.2 Å². The zero-order chi connectivity index (χ0) is 20.2. The first-order valence-electron chi connectivity index (χ1n) is 10.2. The molecule has 1 aromatic heterocycles. The molecule has 2 fully saturated rings. The summed E-state index contributed by atoms with van der Waals surface area (Å²) in [6.45, 7) is 3.20. The topological polar surface area (TPSA) is 91.6 Å². The summed E-state index contributed by atoms with van der Waals surface area (Å²) in [5.41, 5.74) is 7.62. The Morgan fingerprint density at radius 3 is 2.79 bits per heavy atom. The zero-order valence-electron chi connectivity index (χ0n) is 16.4. The highest BCUT2D eigenvalue weighted by Crippen LogP contribution is 2.24. The fourth-order valence-corrected chi connectivity index (χ4v) is 4.85. The van der Waals surface area contributed by atoms with Gasteiger partial charge in [-0.1, -0.05) is 30.3 Å². The molecule has 2 aliphatic heterocycles. The van der Waals surface area contributed by atoms with Gasteiger partial charge >= 0.3 is 0 Å². The van der Waals surface area contributed by atoms with E-state index in [1.54, 1.807) is 16.2 Å². The maximum atomic E-state index is 12.8. The van der Waals surface area contributed by atoms with Gasteiger partial charge in [-0.15, -0.1) is 11.3 Å². The van der Waals surface area contributed by atoms with E-state index in [1.165, 1.54) is 0 Å². The Balaban J connectivity index is 1.36. The van der Waals surface area contributed by atoms with Crippen LogP contribution in [0.5, 0.6) is 0 Å². The van der Waals surface area contributed by atoms with Crippen LogP contribution < -0.4 is 11.1 Å². The molecule has 0 aliphatic carbocycles. The summed E-state index contributed by atoms with van der Waals surface area (Å²) in [6.07, 6.45) is 2.39. The van der Waals surface area contributed by atoms with E-state index in [-0.39, 0.29) is 11.8 Å². The van der Waals surface area contributed by atoms with E-state index in [0.717, 1.165) is 35.7 Å². The van der Waals surface area contributed by atoms with Crippen molar-refractivity contribution in [1.82, 2.24) is 20.1 Å². The molecule has 0 bridgehead atoms. The highest BCUT2D eigenvalue weighted by Gasteiger charge is 2.43. The van der Waals surface area contributed by atoms with Gasteiger partial charge in [-0.2, -0.15) is 0 Å². The average molecular weight is 414 g/mol. The van der Waals surface area contributed by atoms with Crippen molar-refractivity contribution in [2.45, 2.75) is 37.9 Å². The number of unbranched alkanes of at least 4 members (excludes halogenated alkanes) is 1. The molecular weight excluding hydrogens is 386 g/mol. The van der Waals surface area contributed by atoms with Gasteiger partial charge in [0.1, 0.15) is 17.1 Å². The number of aromatic nitrogens is 1. The van der Waals surface area contributed by atoms with Crippen molar-refractivity contribution in [2.24, 2.45) is 5.73 Å². The lowest BCUT2D eigenvalue weighted by Crippen LogP contribution is -2.69. The van der Waals surface area contributed by atoms with Crippen LogP contribution in [-0.4, -0.2) is 64.9 Å². The molecule has 1 aromatic carbocycles. The standard InChI is InChI=1S/C21H27N5O2S/c22-9-5-4-8-16-21(28)26-11-10-25(12-18(26)20(27)24-16)13-19-23-17(14-29-19)15-6-2-1-3-7-15/h1-3,6-7,14,16,18H,4-5,8-13,22H2,(H,24,27)/t16-,18+/m0/s1. The van der Waals surface area contributed by atoms with Gasteiger partial charge in [0.25, 0.3) is 0 Å². The summed E-state index contributed by atoms with van der Waals surface area (Å²) in [5, 5.41) is 6.02. The first-order chi connectivity index (χ1) is 14.2. The van der Waals surface area contributed by atoms with Gasteiger partial charge in [-0.3, -0.25) is 14.5 Å². The van der Waals surface area contributed by atoms with E-state index in [4.69, 9.17) is 10.7 Å². The number of nitrogens with zero attached hydrogens (tertiary/aromatic N) is 3. The van der Waals surface area contributed by atoms with Crippen molar-refractivity contribution in [1.29, 1.82) is 0 Å². The van der Waals surface area contributed by atoms with Crippen molar-refractivity contribution in [3.8, 4) is 11.3 Å². The second-order valence-electron chi connectivity index (χ2n) is 7.62. The molecule has 29 heavy (non-hydrogen) atoms. The van der Waals surface area contributed by atoms with Gasteiger partial charge in [0.15, 0.2) is 0 Å². The highest BCUT2D eigenvalue weighted by atomic mass is 32.1. The second-order valence-corrected chi connectivity index (χ2v) is 8.56. The SMILES string of the molecule is NCCCC[C@@H]1NC(=O)[C@H]2CN(Cc3nc(-c4ccccc4)cs3)CCN2C1=O. The number of nitrogens with one attached hydrogen (secondary N) is 1. The molecule has 0 unspecified atom stereocenters. The third-order valence-electron chi connectivity index (χ3n) is 5.59. The van der Waals surface area contributed by atoms with Gasteiger partial charge in [0.05, 0.1) is 12.2 Å². The fourth-order valence-electron chi connectivity index (χ4n) is 4.01. The number of hydrogen-bond acceptors (Lipinski definition) is 6. The van der Waals surface area contributed by atoms with Gasteiger partial charge in [-0.05, 0) is 25.8 Å².